The molecule has 4 heteroatoms. The lowest BCUT2D eigenvalue weighted by atomic mass is 9.84. The van der Waals surface area contributed by atoms with E-state index in [4.69, 9.17) is 11.6 Å². The maximum atomic E-state index is 13.3. The van der Waals surface area contributed by atoms with Gasteiger partial charge < -0.3 is 9.47 Å². The average molecular weight is 371 g/mol. The second-order valence-corrected chi connectivity index (χ2v) is 8.49. The summed E-state index contributed by atoms with van der Waals surface area (Å²) in [5.41, 5.74) is 5.10. The maximum absolute atomic E-state index is 13.3. The normalized spacial score (nSPS) is 15.4. The van der Waals surface area contributed by atoms with Crippen molar-refractivity contribution in [3.63, 3.8) is 0 Å². The first-order valence-corrected chi connectivity index (χ1v) is 9.47. The van der Waals surface area contributed by atoms with Crippen molar-refractivity contribution in [1.29, 1.82) is 0 Å². The van der Waals surface area contributed by atoms with Gasteiger partial charge in [0.05, 0.1) is 0 Å². The Bertz CT molecular complexity index is 956. The van der Waals surface area contributed by atoms with Gasteiger partial charge >= 0.3 is 0 Å². The van der Waals surface area contributed by atoms with Gasteiger partial charge in [-0.05, 0) is 48.5 Å². The summed E-state index contributed by atoms with van der Waals surface area (Å²) in [5.74, 6) is -0.189. The van der Waals surface area contributed by atoms with Crippen LogP contribution in [0.2, 0.25) is 5.02 Å². The van der Waals surface area contributed by atoms with Crippen LogP contribution in [0.25, 0.3) is 10.9 Å². The minimum absolute atomic E-state index is 0.101. The van der Waals surface area contributed by atoms with Crippen LogP contribution in [0.4, 0.5) is 4.39 Å². The van der Waals surface area contributed by atoms with E-state index < -0.39 is 0 Å². The molecule has 2 nitrogen and oxygen atoms in total. The second-order valence-electron chi connectivity index (χ2n) is 8.05. The number of aromatic nitrogens is 1. The molecule has 1 aliphatic rings. The lowest BCUT2D eigenvalue weighted by Gasteiger charge is -2.30. The Morgan fingerprint density at radius 1 is 1.12 bits per heavy atom. The first-order chi connectivity index (χ1) is 12.3. The summed E-state index contributed by atoms with van der Waals surface area (Å²) in [6, 6.07) is 13.1. The molecule has 2 aromatic carbocycles. The third-order valence-corrected chi connectivity index (χ3v) is 5.82. The molecule has 0 unspecified atom stereocenters. The number of fused-ring (bicyclic) bond motifs is 3. The smallest absolute Gasteiger partial charge is 0.123 e. The number of likely N-dealkylation sites (N-methyl/N-ethyl adjacent to an activating group) is 1. The van der Waals surface area contributed by atoms with Crippen LogP contribution >= 0.6 is 11.6 Å². The minimum atomic E-state index is -0.189. The fourth-order valence-corrected chi connectivity index (χ4v) is 4.30. The molecule has 0 aliphatic carbocycles. The van der Waals surface area contributed by atoms with E-state index >= 15 is 0 Å². The second kappa shape index (κ2) is 6.40. The first-order valence-electron chi connectivity index (χ1n) is 9.09. The molecule has 0 amide bonds. The van der Waals surface area contributed by atoms with Crippen LogP contribution in [0.3, 0.4) is 0 Å². The van der Waals surface area contributed by atoms with E-state index in [1.165, 1.54) is 22.2 Å². The predicted molar refractivity (Wildman–Crippen MR) is 106 cm³/mol. The van der Waals surface area contributed by atoms with Gasteiger partial charge in [0.25, 0.3) is 0 Å². The van der Waals surface area contributed by atoms with Crippen molar-refractivity contribution >= 4 is 22.5 Å². The monoisotopic (exact) mass is 370 g/mol. The highest BCUT2D eigenvalue weighted by molar-refractivity contribution is 6.31. The van der Waals surface area contributed by atoms with Gasteiger partial charge in [-0.2, -0.15) is 0 Å². The fourth-order valence-electron chi connectivity index (χ4n) is 4.13. The Balaban J connectivity index is 1.82. The molecule has 3 aromatic rings. The zero-order valence-corrected chi connectivity index (χ0v) is 16.3. The van der Waals surface area contributed by atoms with Crippen LogP contribution in [0.5, 0.6) is 0 Å². The first kappa shape index (κ1) is 17.6. The van der Waals surface area contributed by atoms with Crippen LogP contribution in [0.15, 0.2) is 42.5 Å². The zero-order chi connectivity index (χ0) is 18.5. The zero-order valence-electron chi connectivity index (χ0n) is 15.5. The maximum Gasteiger partial charge on any atom is 0.123 e. The minimum Gasteiger partial charge on any atom is -0.343 e. The van der Waals surface area contributed by atoms with E-state index in [0.717, 1.165) is 36.6 Å². The molecular formula is C22H24ClFN2. The Kier molecular flexibility index (Phi) is 4.32. The van der Waals surface area contributed by atoms with Crippen molar-refractivity contribution in [2.24, 2.45) is 0 Å². The van der Waals surface area contributed by atoms with Crippen LogP contribution < -0.4 is 0 Å². The molecule has 0 bridgehead atoms. The molecule has 0 saturated carbocycles. The Hall–Kier alpha value is -1.84. The summed E-state index contributed by atoms with van der Waals surface area (Å²) in [7, 11) is 2.17. The van der Waals surface area contributed by atoms with Gasteiger partial charge in [-0.25, -0.2) is 4.39 Å². The summed E-state index contributed by atoms with van der Waals surface area (Å²) >= 11 is 6.29. The fraction of sp³-hybridized carbons (Fsp3) is 0.364. The highest BCUT2D eigenvalue weighted by Gasteiger charge is 2.27. The molecule has 26 heavy (non-hydrogen) atoms. The molecule has 0 radical (unpaired) electrons. The summed E-state index contributed by atoms with van der Waals surface area (Å²) in [6.07, 6.45) is 1.04. The van der Waals surface area contributed by atoms with E-state index in [9.17, 15) is 4.39 Å². The number of halogens is 2. The highest BCUT2D eigenvalue weighted by Crippen LogP contribution is 2.35. The highest BCUT2D eigenvalue weighted by atomic mass is 35.5. The molecular weight excluding hydrogens is 347 g/mol. The van der Waals surface area contributed by atoms with Gasteiger partial charge in [-0.3, -0.25) is 0 Å². The topological polar surface area (TPSA) is 8.17 Å². The lowest BCUT2D eigenvalue weighted by molar-refractivity contribution is 0.306. The van der Waals surface area contributed by atoms with Gasteiger partial charge in [0.1, 0.15) is 5.82 Å². The summed E-state index contributed by atoms with van der Waals surface area (Å²) < 4.78 is 15.8. The van der Waals surface area contributed by atoms with E-state index in [0.29, 0.717) is 0 Å². The van der Waals surface area contributed by atoms with Gasteiger partial charge in [0.2, 0.25) is 0 Å². The number of nitrogens with zero attached hydrogens (tertiary/aromatic N) is 2. The summed E-state index contributed by atoms with van der Waals surface area (Å²) in [6.45, 7) is 7.33. The van der Waals surface area contributed by atoms with Crippen molar-refractivity contribution in [3.8, 4) is 0 Å². The van der Waals surface area contributed by atoms with Crippen molar-refractivity contribution in [2.45, 2.75) is 38.8 Å². The SMILES string of the molecule is CN1CCc2c(c3cc(Cl)ccc3n2CC(C)(C)c2ccc(F)cc2)C1. The third kappa shape index (κ3) is 3.04. The Morgan fingerprint density at radius 3 is 2.58 bits per heavy atom. The van der Waals surface area contributed by atoms with Gasteiger partial charge in [0.15, 0.2) is 0 Å². The van der Waals surface area contributed by atoms with Gasteiger partial charge in [-0.15, -0.1) is 0 Å². The molecule has 4 rings (SSSR count). The van der Waals surface area contributed by atoms with Crippen LogP contribution in [0, 0.1) is 5.82 Å². The molecule has 1 aromatic heterocycles. The van der Waals surface area contributed by atoms with Crippen LogP contribution in [-0.2, 0) is 24.9 Å². The van der Waals surface area contributed by atoms with Crippen molar-refractivity contribution in [1.82, 2.24) is 9.47 Å². The van der Waals surface area contributed by atoms with Gasteiger partial charge in [0, 0.05) is 53.1 Å². The lowest BCUT2D eigenvalue weighted by Crippen LogP contribution is -2.30. The van der Waals surface area contributed by atoms with Crippen molar-refractivity contribution < 1.29 is 4.39 Å². The number of benzene rings is 2. The number of hydrogen-bond donors (Lipinski definition) is 0. The molecule has 0 fully saturated rings. The Labute approximate surface area is 159 Å². The molecule has 0 atom stereocenters. The molecule has 0 saturated heterocycles. The quantitative estimate of drug-likeness (QED) is 0.599. The van der Waals surface area contributed by atoms with E-state index in [1.54, 1.807) is 12.1 Å². The molecule has 2 heterocycles. The standard InChI is InChI=1S/C22H24ClFN2/c1-22(2,15-4-7-17(24)8-5-15)14-26-20-9-6-16(23)12-18(20)19-13-25(3)11-10-21(19)26/h4-9,12H,10-11,13-14H2,1-3H3. The van der Waals surface area contributed by atoms with Crippen molar-refractivity contribution in [3.05, 3.63) is 70.1 Å². The molecule has 1 aliphatic heterocycles. The van der Waals surface area contributed by atoms with E-state index in [2.05, 4.69) is 42.5 Å². The third-order valence-electron chi connectivity index (χ3n) is 5.59. The Morgan fingerprint density at radius 2 is 1.85 bits per heavy atom. The van der Waals surface area contributed by atoms with Gasteiger partial charge in [-0.1, -0.05) is 37.6 Å². The number of hydrogen-bond acceptors (Lipinski definition) is 1. The van der Waals surface area contributed by atoms with Crippen LogP contribution in [0.1, 0.15) is 30.7 Å². The van der Waals surface area contributed by atoms with Crippen molar-refractivity contribution in [2.75, 3.05) is 13.6 Å². The van der Waals surface area contributed by atoms with E-state index in [-0.39, 0.29) is 11.2 Å². The average Bonchev–Trinajstić information content (AvgIpc) is 2.87. The molecule has 0 N–H and O–H groups in total. The number of rotatable bonds is 3. The molecule has 136 valence electrons. The van der Waals surface area contributed by atoms with Crippen LogP contribution in [-0.4, -0.2) is 23.1 Å². The summed E-state index contributed by atoms with van der Waals surface area (Å²) in [4.78, 5) is 2.36. The summed E-state index contributed by atoms with van der Waals surface area (Å²) in [5, 5.41) is 2.04. The largest absolute Gasteiger partial charge is 0.343 e. The molecule has 0 spiro atoms. The predicted octanol–water partition coefficient (Wildman–Crippen LogP) is 5.40. The van der Waals surface area contributed by atoms with E-state index in [1.807, 2.05) is 18.2 Å².